The van der Waals surface area contributed by atoms with Crippen LogP contribution in [0.5, 0.6) is 0 Å². The zero-order chi connectivity index (χ0) is 16.4. The van der Waals surface area contributed by atoms with E-state index < -0.39 is 6.04 Å². The van der Waals surface area contributed by atoms with E-state index >= 15 is 0 Å². The van der Waals surface area contributed by atoms with Crippen LogP contribution in [0.15, 0.2) is 41.1 Å². The molecule has 122 valence electrons. The number of nitrogens with two attached hydrogens (primary N) is 1. The maximum atomic E-state index is 12.8. The minimum absolute atomic E-state index is 0.00261. The summed E-state index contributed by atoms with van der Waals surface area (Å²) in [6.07, 6.45) is -0.0676. The molecule has 3 atom stereocenters. The first-order chi connectivity index (χ1) is 11.0. The van der Waals surface area contributed by atoms with Gasteiger partial charge < -0.3 is 15.4 Å². The van der Waals surface area contributed by atoms with Gasteiger partial charge in [0.15, 0.2) is 0 Å². The first-order valence-electron chi connectivity index (χ1n) is 7.83. The van der Waals surface area contributed by atoms with Gasteiger partial charge in [0.25, 0.3) is 0 Å². The van der Waals surface area contributed by atoms with Gasteiger partial charge in [-0.2, -0.15) is 11.3 Å². The summed E-state index contributed by atoms with van der Waals surface area (Å²) in [4.78, 5) is 14.6. The molecule has 1 aliphatic rings. The van der Waals surface area contributed by atoms with Crippen molar-refractivity contribution in [1.82, 2.24) is 4.90 Å². The molecule has 1 fully saturated rings. The lowest BCUT2D eigenvalue weighted by molar-refractivity contribution is -0.146. The van der Waals surface area contributed by atoms with Gasteiger partial charge in [0.2, 0.25) is 5.91 Å². The van der Waals surface area contributed by atoms with Gasteiger partial charge in [-0.25, -0.2) is 0 Å². The van der Waals surface area contributed by atoms with Crippen LogP contribution in [0.25, 0.3) is 0 Å². The Balaban J connectivity index is 1.74. The van der Waals surface area contributed by atoms with E-state index in [1.54, 1.807) is 11.3 Å². The van der Waals surface area contributed by atoms with E-state index in [0.29, 0.717) is 13.1 Å². The smallest absolute Gasteiger partial charge is 0.244 e. The summed E-state index contributed by atoms with van der Waals surface area (Å²) in [5.41, 5.74) is 9.34. The number of morpholine rings is 1. The van der Waals surface area contributed by atoms with E-state index in [0.717, 1.165) is 16.7 Å². The number of thiophene rings is 1. The van der Waals surface area contributed by atoms with Crippen LogP contribution < -0.4 is 5.73 Å². The molecule has 0 spiro atoms. The fourth-order valence-corrected chi connectivity index (χ4v) is 3.59. The molecular weight excluding hydrogens is 308 g/mol. The van der Waals surface area contributed by atoms with E-state index in [1.807, 2.05) is 48.4 Å². The summed E-state index contributed by atoms with van der Waals surface area (Å²) in [6.45, 7) is 5.15. The fourth-order valence-electron chi connectivity index (χ4n) is 2.89. The molecule has 1 amide bonds. The van der Waals surface area contributed by atoms with Crippen molar-refractivity contribution in [3.05, 3.63) is 57.8 Å². The first-order valence-corrected chi connectivity index (χ1v) is 8.77. The van der Waals surface area contributed by atoms with Crippen LogP contribution in [-0.4, -0.2) is 30.0 Å². The Morgan fingerprint density at radius 1 is 1.30 bits per heavy atom. The summed E-state index contributed by atoms with van der Waals surface area (Å²) in [5, 5.41) is 4.10. The molecule has 2 N–H and O–H groups in total. The number of hydrogen-bond donors (Lipinski definition) is 1. The second kappa shape index (κ2) is 6.83. The van der Waals surface area contributed by atoms with Gasteiger partial charge in [0.1, 0.15) is 12.1 Å². The van der Waals surface area contributed by atoms with Crippen LogP contribution in [-0.2, 0) is 9.53 Å². The highest BCUT2D eigenvalue weighted by atomic mass is 32.1. The van der Waals surface area contributed by atoms with E-state index in [2.05, 4.69) is 11.4 Å². The molecule has 0 bridgehead atoms. The van der Waals surface area contributed by atoms with Gasteiger partial charge in [-0.05, 0) is 41.8 Å². The summed E-state index contributed by atoms with van der Waals surface area (Å²) in [6, 6.07) is 9.26. The zero-order valence-corrected chi connectivity index (χ0v) is 14.3. The van der Waals surface area contributed by atoms with Crippen LogP contribution in [0.4, 0.5) is 0 Å². The molecule has 0 radical (unpaired) electrons. The Bertz CT molecular complexity index is 654. The summed E-state index contributed by atoms with van der Waals surface area (Å²) < 4.78 is 5.98. The van der Waals surface area contributed by atoms with Crippen molar-refractivity contribution in [3.8, 4) is 0 Å². The lowest BCUT2D eigenvalue weighted by Crippen LogP contribution is -2.48. The van der Waals surface area contributed by atoms with Crippen molar-refractivity contribution in [2.45, 2.75) is 32.1 Å². The molecule has 1 aromatic carbocycles. The number of carbonyl (C=O) groups excluding carboxylic acids is 1. The number of rotatable bonds is 3. The van der Waals surface area contributed by atoms with Crippen LogP contribution in [0.1, 0.15) is 35.8 Å². The number of ether oxygens (including phenoxy) is 1. The number of benzene rings is 1. The van der Waals surface area contributed by atoms with Gasteiger partial charge in [-0.1, -0.05) is 29.8 Å². The van der Waals surface area contributed by atoms with Crippen LogP contribution in [0.2, 0.25) is 0 Å². The molecule has 0 aliphatic carbocycles. The van der Waals surface area contributed by atoms with Crippen LogP contribution in [0.3, 0.4) is 0 Å². The predicted molar refractivity (Wildman–Crippen MR) is 92.3 cm³/mol. The van der Waals surface area contributed by atoms with Gasteiger partial charge in [0.05, 0.1) is 12.6 Å². The highest BCUT2D eigenvalue weighted by Crippen LogP contribution is 2.28. The number of amides is 1. The minimum Gasteiger partial charge on any atom is -0.367 e. The molecule has 5 heteroatoms. The highest BCUT2D eigenvalue weighted by Gasteiger charge is 2.32. The van der Waals surface area contributed by atoms with Gasteiger partial charge in [-0.3, -0.25) is 4.79 Å². The quantitative estimate of drug-likeness (QED) is 0.941. The van der Waals surface area contributed by atoms with Crippen molar-refractivity contribution in [3.63, 3.8) is 0 Å². The van der Waals surface area contributed by atoms with Crippen LogP contribution in [0, 0.1) is 6.92 Å². The number of nitrogens with zero attached hydrogens (tertiary/aromatic N) is 1. The lowest BCUT2D eigenvalue weighted by atomic mass is 10.0. The van der Waals surface area contributed by atoms with Gasteiger partial charge >= 0.3 is 0 Å². The number of carbonyl (C=O) groups is 1. The third-order valence-corrected chi connectivity index (χ3v) is 4.89. The third kappa shape index (κ3) is 3.63. The Kier molecular flexibility index (Phi) is 4.80. The molecule has 0 saturated carbocycles. The average Bonchev–Trinajstić information content (AvgIpc) is 3.08. The zero-order valence-electron chi connectivity index (χ0n) is 13.4. The molecule has 3 rings (SSSR count). The molecule has 3 unspecified atom stereocenters. The van der Waals surface area contributed by atoms with Crippen molar-refractivity contribution in [2.24, 2.45) is 5.73 Å². The minimum atomic E-state index is -0.621. The molecule has 2 aromatic rings. The Labute approximate surface area is 140 Å². The monoisotopic (exact) mass is 330 g/mol. The standard InChI is InChI=1S/C18H22N2O2S/c1-12-3-5-14(6-4-12)17(19)18(21)20-9-13(2)22-16(10-20)15-7-8-23-11-15/h3-8,11,13,16-17H,9-10,19H2,1-2H3. The maximum absolute atomic E-state index is 12.8. The fraction of sp³-hybridized carbons (Fsp3) is 0.389. The second-order valence-electron chi connectivity index (χ2n) is 6.12. The topological polar surface area (TPSA) is 55.6 Å². The third-order valence-electron chi connectivity index (χ3n) is 4.19. The summed E-state index contributed by atoms with van der Waals surface area (Å²) in [7, 11) is 0. The predicted octanol–water partition coefficient (Wildman–Crippen LogP) is 3.04. The SMILES string of the molecule is Cc1ccc(C(N)C(=O)N2CC(C)OC(c3ccsc3)C2)cc1. The van der Waals surface area contributed by atoms with Crippen LogP contribution >= 0.6 is 11.3 Å². The van der Waals surface area contributed by atoms with Crippen molar-refractivity contribution >= 4 is 17.2 Å². The van der Waals surface area contributed by atoms with E-state index in [9.17, 15) is 4.79 Å². The Morgan fingerprint density at radius 3 is 2.70 bits per heavy atom. The second-order valence-corrected chi connectivity index (χ2v) is 6.90. The molecule has 23 heavy (non-hydrogen) atoms. The normalized spacial score (nSPS) is 22.8. The summed E-state index contributed by atoms with van der Waals surface area (Å²) in [5.74, 6) is -0.0377. The largest absolute Gasteiger partial charge is 0.367 e. The number of hydrogen-bond acceptors (Lipinski definition) is 4. The number of aryl methyl sites for hydroxylation is 1. The molecule has 2 heterocycles. The lowest BCUT2D eigenvalue weighted by Gasteiger charge is -2.37. The van der Waals surface area contributed by atoms with Crippen molar-refractivity contribution < 1.29 is 9.53 Å². The van der Waals surface area contributed by atoms with Crippen molar-refractivity contribution in [2.75, 3.05) is 13.1 Å². The van der Waals surface area contributed by atoms with E-state index in [1.165, 1.54) is 0 Å². The van der Waals surface area contributed by atoms with Gasteiger partial charge in [0, 0.05) is 6.54 Å². The first kappa shape index (κ1) is 16.2. The Morgan fingerprint density at radius 2 is 2.04 bits per heavy atom. The van der Waals surface area contributed by atoms with E-state index in [4.69, 9.17) is 10.5 Å². The van der Waals surface area contributed by atoms with Crippen molar-refractivity contribution in [1.29, 1.82) is 0 Å². The molecule has 1 aromatic heterocycles. The Hall–Kier alpha value is -1.69. The van der Waals surface area contributed by atoms with E-state index in [-0.39, 0.29) is 18.1 Å². The molecular formula is C18H22N2O2S. The van der Waals surface area contributed by atoms with Gasteiger partial charge in [-0.15, -0.1) is 0 Å². The summed E-state index contributed by atoms with van der Waals surface area (Å²) >= 11 is 1.64. The highest BCUT2D eigenvalue weighted by molar-refractivity contribution is 7.07. The maximum Gasteiger partial charge on any atom is 0.244 e. The molecule has 1 aliphatic heterocycles. The molecule has 4 nitrogen and oxygen atoms in total. The average molecular weight is 330 g/mol. The molecule has 1 saturated heterocycles.